The molecule has 8 heteroatoms. The van der Waals surface area contributed by atoms with Crippen molar-refractivity contribution in [3.05, 3.63) is 23.2 Å². The first-order valence-corrected chi connectivity index (χ1v) is 13.4. The Morgan fingerprint density at radius 1 is 1.09 bits per heavy atom. The van der Waals surface area contributed by atoms with Crippen LogP contribution in [0.1, 0.15) is 57.8 Å². The second-order valence-corrected chi connectivity index (χ2v) is 10.7. The highest BCUT2D eigenvalue weighted by molar-refractivity contribution is 6.31. The molecule has 1 aromatic carbocycles. The van der Waals surface area contributed by atoms with Crippen LogP contribution in [-0.4, -0.2) is 67.4 Å². The Morgan fingerprint density at radius 2 is 1.91 bits per heavy atom. The highest BCUT2D eigenvalue weighted by Crippen LogP contribution is 2.30. The van der Waals surface area contributed by atoms with Gasteiger partial charge in [0.15, 0.2) is 11.4 Å². The summed E-state index contributed by atoms with van der Waals surface area (Å²) in [5.74, 6) is 1.88. The van der Waals surface area contributed by atoms with Crippen LogP contribution in [0, 0.1) is 5.92 Å². The van der Waals surface area contributed by atoms with Gasteiger partial charge in [-0.05, 0) is 76.0 Å². The Labute approximate surface area is 207 Å². The quantitative estimate of drug-likeness (QED) is 0.612. The number of carbonyl (C=O) groups excluding carboxylic acids is 1. The van der Waals surface area contributed by atoms with Gasteiger partial charge in [-0.1, -0.05) is 16.8 Å². The zero-order chi connectivity index (χ0) is 23.3. The average molecular weight is 489 g/mol. The molecule has 3 aliphatic rings. The van der Waals surface area contributed by atoms with Gasteiger partial charge >= 0.3 is 0 Å². The maximum absolute atomic E-state index is 12.4. The fourth-order valence-corrected chi connectivity index (χ4v) is 5.89. The number of halogens is 1. The molecular weight excluding hydrogens is 452 g/mol. The van der Waals surface area contributed by atoms with Crippen LogP contribution in [0.25, 0.3) is 11.0 Å². The summed E-state index contributed by atoms with van der Waals surface area (Å²) in [6.45, 7) is 6.00. The van der Waals surface area contributed by atoms with E-state index in [1.54, 1.807) is 0 Å². The molecule has 2 aliphatic heterocycles. The third-order valence-corrected chi connectivity index (χ3v) is 8.07. The van der Waals surface area contributed by atoms with E-state index in [1.807, 2.05) is 18.2 Å². The number of ether oxygens (including phenoxy) is 1. The number of benzene rings is 1. The smallest absolute Gasteiger partial charge is 0.222 e. The molecule has 3 heterocycles. The van der Waals surface area contributed by atoms with Gasteiger partial charge < -0.3 is 19.5 Å². The fourth-order valence-electron chi connectivity index (χ4n) is 5.73. The molecule has 1 amide bonds. The first-order chi connectivity index (χ1) is 16.6. The van der Waals surface area contributed by atoms with Crippen LogP contribution in [-0.2, 0) is 9.53 Å². The van der Waals surface area contributed by atoms with Crippen molar-refractivity contribution >= 4 is 34.3 Å². The molecule has 0 radical (unpaired) electrons. The summed E-state index contributed by atoms with van der Waals surface area (Å²) in [6, 6.07) is 6.07. The van der Waals surface area contributed by atoms with E-state index in [9.17, 15) is 4.79 Å². The molecule has 1 saturated carbocycles. The minimum absolute atomic E-state index is 0.132. The maximum atomic E-state index is 12.4. The van der Waals surface area contributed by atoms with Gasteiger partial charge in [-0.15, -0.1) is 0 Å². The standard InChI is InChI=1S/C26H37ClN4O3/c27-20-6-9-23-24(17-20)34-29-26(23)31-14-12-30(13-15-31)11-10-19-4-7-21(8-5-19)28-25(32)18-22-3-1-2-16-33-22/h6,9,17,19,21-22H,1-5,7-8,10-16,18H2,(H,28,32)/t19-,21-,22?. The van der Waals surface area contributed by atoms with Crippen LogP contribution in [0.5, 0.6) is 0 Å². The highest BCUT2D eigenvalue weighted by atomic mass is 35.5. The average Bonchev–Trinajstić information content (AvgIpc) is 3.27. The normalized spacial score (nSPS) is 26.6. The van der Waals surface area contributed by atoms with Crippen LogP contribution in [0.15, 0.2) is 22.7 Å². The van der Waals surface area contributed by atoms with Crippen LogP contribution < -0.4 is 10.2 Å². The molecule has 186 valence electrons. The monoisotopic (exact) mass is 488 g/mol. The molecule has 0 spiro atoms. The largest absolute Gasteiger partial charge is 0.378 e. The molecule has 34 heavy (non-hydrogen) atoms. The number of amides is 1. The number of piperazine rings is 1. The second-order valence-electron chi connectivity index (χ2n) is 10.2. The van der Waals surface area contributed by atoms with Gasteiger partial charge in [-0.3, -0.25) is 9.69 Å². The molecule has 2 aromatic rings. The molecule has 3 fully saturated rings. The number of hydrogen-bond acceptors (Lipinski definition) is 6. The maximum Gasteiger partial charge on any atom is 0.222 e. The fraction of sp³-hybridized carbons (Fsp3) is 0.692. The molecule has 1 aromatic heterocycles. The lowest BCUT2D eigenvalue weighted by atomic mass is 9.84. The van der Waals surface area contributed by atoms with E-state index in [0.29, 0.717) is 17.5 Å². The minimum atomic E-state index is 0.132. The van der Waals surface area contributed by atoms with Crippen LogP contribution in [0.3, 0.4) is 0 Å². The first kappa shape index (κ1) is 23.9. The number of nitrogens with one attached hydrogen (secondary N) is 1. The van der Waals surface area contributed by atoms with Crippen molar-refractivity contribution in [3.8, 4) is 0 Å². The zero-order valence-electron chi connectivity index (χ0n) is 20.0. The van der Waals surface area contributed by atoms with Crippen molar-refractivity contribution in [2.45, 2.75) is 69.9 Å². The second kappa shape index (κ2) is 11.3. The van der Waals surface area contributed by atoms with E-state index in [1.165, 1.54) is 25.7 Å². The van der Waals surface area contributed by atoms with Crippen LogP contribution in [0.2, 0.25) is 5.02 Å². The van der Waals surface area contributed by atoms with E-state index in [4.69, 9.17) is 20.9 Å². The Bertz CT molecular complexity index is 945. The van der Waals surface area contributed by atoms with Crippen molar-refractivity contribution < 1.29 is 14.1 Å². The molecule has 1 unspecified atom stereocenters. The molecule has 2 saturated heterocycles. The lowest BCUT2D eigenvalue weighted by molar-refractivity contribution is -0.125. The van der Waals surface area contributed by atoms with Crippen molar-refractivity contribution in [1.82, 2.24) is 15.4 Å². The topological polar surface area (TPSA) is 70.8 Å². The van der Waals surface area contributed by atoms with Gasteiger partial charge in [0.25, 0.3) is 0 Å². The predicted octanol–water partition coefficient (Wildman–Crippen LogP) is 4.63. The molecule has 5 rings (SSSR count). The molecule has 1 aliphatic carbocycles. The first-order valence-electron chi connectivity index (χ1n) is 13.1. The number of carbonyl (C=O) groups is 1. The molecule has 1 N–H and O–H groups in total. The van der Waals surface area contributed by atoms with Crippen LogP contribution in [0.4, 0.5) is 5.82 Å². The molecule has 0 bridgehead atoms. The summed E-state index contributed by atoms with van der Waals surface area (Å²) < 4.78 is 11.2. The SMILES string of the molecule is O=C(CC1CCCCO1)N[C@H]1CC[C@H](CCN2CCN(c3noc4cc(Cl)ccc34)CC2)CC1. The summed E-state index contributed by atoms with van der Waals surface area (Å²) in [5.41, 5.74) is 0.749. The van der Waals surface area contributed by atoms with Gasteiger partial charge in [0.1, 0.15) is 0 Å². The Hall–Kier alpha value is -1.83. The third-order valence-electron chi connectivity index (χ3n) is 7.84. The van der Waals surface area contributed by atoms with Crippen molar-refractivity contribution in [2.24, 2.45) is 5.92 Å². The number of nitrogens with zero attached hydrogens (tertiary/aromatic N) is 3. The lowest BCUT2D eigenvalue weighted by Crippen LogP contribution is -2.47. The summed E-state index contributed by atoms with van der Waals surface area (Å²) in [6.07, 6.45) is 9.92. The Kier molecular flexibility index (Phi) is 7.92. The number of aromatic nitrogens is 1. The highest BCUT2D eigenvalue weighted by Gasteiger charge is 2.26. The predicted molar refractivity (Wildman–Crippen MR) is 134 cm³/mol. The summed E-state index contributed by atoms with van der Waals surface area (Å²) in [7, 11) is 0. The minimum Gasteiger partial charge on any atom is -0.378 e. The Morgan fingerprint density at radius 3 is 2.68 bits per heavy atom. The van der Waals surface area contributed by atoms with Gasteiger partial charge in [-0.25, -0.2) is 0 Å². The van der Waals surface area contributed by atoms with E-state index >= 15 is 0 Å². The number of rotatable bonds is 7. The number of hydrogen-bond donors (Lipinski definition) is 1. The Balaban J connectivity index is 0.992. The van der Waals surface area contributed by atoms with E-state index in [0.717, 1.165) is 87.7 Å². The third kappa shape index (κ3) is 6.04. The number of anilines is 1. The van der Waals surface area contributed by atoms with Gasteiger partial charge in [0.05, 0.1) is 17.9 Å². The summed E-state index contributed by atoms with van der Waals surface area (Å²) in [5, 5.41) is 9.28. The van der Waals surface area contributed by atoms with Gasteiger partial charge in [0, 0.05) is 49.9 Å². The van der Waals surface area contributed by atoms with Crippen LogP contribution >= 0.6 is 11.6 Å². The molecular formula is C26H37ClN4O3. The molecule has 7 nitrogen and oxygen atoms in total. The van der Waals surface area contributed by atoms with Gasteiger partial charge in [-0.2, -0.15) is 0 Å². The lowest BCUT2D eigenvalue weighted by Gasteiger charge is -2.36. The van der Waals surface area contributed by atoms with E-state index < -0.39 is 0 Å². The van der Waals surface area contributed by atoms with E-state index in [-0.39, 0.29) is 12.0 Å². The van der Waals surface area contributed by atoms with Crippen molar-refractivity contribution in [3.63, 3.8) is 0 Å². The zero-order valence-corrected chi connectivity index (χ0v) is 20.8. The summed E-state index contributed by atoms with van der Waals surface area (Å²) >= 11 is 6.07. The number of fused-ring (bicyclic) bond motifs is 1. The van der Waals surface area contributed by atoms with Crippen molar-refractivity contribution in [1.29, 1.82) is 0 Å². The van der Waals surface area contributed by atoms with E-state index in [2.05, 4.69) is 20.3 Å². The molecule has 1 atom stereocenters. The van der Waals surface area contributed by atoms with Crippen molar-refractivity contribution in [2.75, 3.05) is 44.2 Å². The summed E-state index contributed by atoms with van der Waals surface area (Å²) in [4.78, 5) is 17.3. The van der Waals surface area contributed by atoms with Gasteiger partial charge in [0.2, 0.25) is 5.91 Å².